The third kappa shape index (κ3) is 2.72. The zero-order chi connectivity index (χ0) is 18.4. The van der Waals surface area contributed by atoms with Crippen LogP contribution in [-0.4, -0.2) is 20.7 Å². The van der Waals surface area contributed by atoms with E-state index in [2.05, 4.69) is 15.4 Å². The quantitative estimate of drug-likeness (QED) is 0.587. The number of carbonyl (C=O) groups excluding carboxylic acids is 1. The minimum Gasteiger partial charge on any atom is -0.296 e. The first kappa shape index (κ1) is 16.3. The van der Waals surface area contributed by atoms with Crippen molar-refractivity contribution < 1.29 is 13.6 Å². The number of anilines is 1. The van der Waals surface area contributed by atoms with Crippen molar-refractivity contribution >= 4 is 43.5 Å². The lowest BCUT2D eigenvalue weighted by atomic mass is 10.2. The van der Waals surface area contributed by atoms with E-state index in [9.17, 15) is 18.4 Å². The van der Waals surface area contributed by atoms with Crippen LogP contribution in [-0.2, 0) is 7.05 Å². The highest BCUT2D eigenvalue weighted by Gasteiger charge is 2.18. The predicted molar refractivity (Wildman–Crippen MR) is 94.5 cm³/mol. The van der Waals surface area contributed by atoms with E-state index in [0.717, 1.165) is 17.4 Å². The van der Waals surface area contributed by atoms with Gasteiger partial charge in [0.2, 0.25) is 5.43 Å². The van der Waals surface area contributed by atoms with Gasteiger partial charge in [0.25, 0.3) is 5.91 Å². The third-order valence-electron chi connectivity index (χ3n) is 3.80. The minimum atomic E-state index is -0.767. The molecular weight excluding hydrogens is 362 g/mol. The number of halogens is 2. The first-order chi connectivity index (χ1) is 12.4. The molecule has 2 heterocycles. The van der Waals surface area contributed by atoms with Crippen molar-refractivity contribution in [3.8, 4) is 0 Å². The maximum atomic E-state index is 13.5. The summed E-state index contributed by atoms with van der Waals surface area (Å²) in [6, 6.07) is 7.76. The Bertz CT molecular complexity index is 1250. The summed E-state index contributed by atoms with van der Waals surface area (Å²) in [6.45, 7) is 0. The number of fused-ring (bicyclic) bond motifs is 2. The molecule has 1 amide bonds. The van der Waals surface area contributed by atoms with Gasteiger partial charge in [-0.2, -0.15) is 5.10 Å². The van der Waals surface area contributed by atoms with Crippen LogP contribution in [0.1, 0.15) is 10.5 Å². The number of benzene rings is 2. The van der Waals surface area contributed by atoms with Gasteiger partial charge in [0, 0.05) is 7.05 Å². The molecule has 0 saturated carbocycles. The molecule has 0 saturated heterocycles. The number of aryl methyl sites for hydroxylation is 1. The molecule has 0 atom stereocenters. The third-order valence-corrected chi connectivity index (χ3v) is 4.74. The molecule has 2 aromatic heterocycles. The highest BCUT2D eigenvalue weighted by Crippen LogP contribution is 2.26. The molecule has 26 heavy (non-hydrogen) atoms. The summed E-state index contributed by atoms with van der Waals surface area (Å²) >= 11 is 1.07. The Morgan fingerprint density at radius 2 is 1.88 bits per heavy atom. The lowest BCUT2D eigenvalue weighted by Gasteiger charge is -2.07. The van der Waals surface area contributed by atoms with E-state index in [4.69, 9.17) is 0 Å². The van der Waals surface area contributed by atoms with Gasteiger partial charge >= 0.3 is 0 Å². The molecule has 130 valence electrons. The lowest BCUT2D eigenvalue weighted by molar-refractivity contribution is 0.101. The standard InChI is InChI=1S/C17H10F2N4O2S/c1-23-12-5-3-8(18)6-10(12)15(24)14(22-23)16(25)21-17-20-11-4-2-9(19)7-13(11)26-17/h2-7H,1H3,(H,20,21,25). The topological polar surface area (TPSA) is 76.9 Å². The highest BCUT2D eigenvalue weighted by molar-refractivity contribution is 7.22. The first-order valence-electron chi connectivity index (χ1n) is 7.46. The molecule has 9 heteroatoms. The van der Waals surface area contributed by atoms with Crippen LogP contribution in [0.15, 0.2) is 41.2 Å². The Kier molecular flexibility index (Phi) is 3.73. The number of thiazole rings is 1. The number of carbonyl (C=O) groups is 1. The van der Waals surface area contributed by atoms with Crippen molar-refractivity contribution in [2.24, 2.45) is 7.05 Å². The second-order valence-electron chi connectivity index (χ2n) is 5.55. The van der Waals surface area contributed by atoms with Crippen LogP contribution in [0.25, 0.3) is 21.1 Å². The Hall–Kier alpha value is -3.20. The zero-order valence-corrected chi connectivity index (χ0v) is 14.1. The fraction of sp³-hybridized carbons (Fsp3) is 0.0588. The van der Waals surface area contributed by atoms with E-state index in [1.807, 2.05) is 0 Å². The summed E-state index contributed by atoms with van der Waals surface area (Å²) < 4.78 is 28.6. The number of amides is 1. The van der Waals surface area contributed by atoms with Gasteiger partial charge in [-0.3, -0.25) is 19.6 Å². The molecule has 2 aromatic carbocycles. The Morgan fingerprint density at radius 3 is 2.69 bits per heavy atom. The number of hydrogen-bond donors (Lipinski definition) is 1. The van der Waals surface area contributed by atoms with Crippen LogP contribution < -0.4 is 10.7 Å². The van der Waals surface area contributed by atoms with E-state index >= 15 is 0 Å². The summed E-state index contributed by atoms with van der Waals surface area (Å²) in [4.78, 5) is 29.2. The predicted octanol–water partition coefficient (Wildman–Crippen LogP) is 3.07. The first-order valence-corrected chi connectivity index (χ1v) is 8.28. The molecule has 0 aliphatic carbocycles. The number of hydrogen-bond acceptors (Lipinski definition) is 5. The van der Waals surface area contributed by atoms with Gasteiger partial charge < -0.3 is 0 Å². The Labute approximate surface area is 148 Å². The van der Waals surface area contributed by atoms with Crippen LogP contribution in [0, 0.1) is 11.6 Å². The van der Waals surface area contributed by atoms with E-state index < -0.39 is 23.0 Å². The molecule has 0 spiro atoms. The summed E-state index contributed by atoms with van der Waals surface area (Å²) in [5.41, 5.74) is -0.130. The summed E-state index contributed by atoms with van der Waals surface area (Å²) in [5.74, 6) is -1.76. The van der Waals surface area contributed by atoms with Gasteiger partial charge in [-0.25, -0.2) is 13.8 Å². The van der Waals surface area contributed by atoms with Gasteiger partial charge in [-0.15, -0.1) is 0 Å². The van der Waals surface area contributed by atoms with Crippen molar-refractivity contribution in [2.75, 3.05) is 5.32 Å². The lowest BCUT2D eigenvalue weighted by Crippen LogP contribution is -2.26. The van der Waals surface area contributed by atoms with E-state index in [0.29, 0.717) is 15.7 Å². The molecule has 4 aromatic rings. The number of nitrogens with one attached hydrogen (secondary N) is 1. The maximum Gasteiger partial charge on any atom is 0.281 e. The largest absolute Gasteiger partial charge is 0.296 e. The molecule has 0 fully saturated rings. The van der Waals surface area contributed by atoms with Gasteiger partial charge in [0.05, 0.1) is 21.1 Å². The molecule has 0 aliphatic rings. The average Bonchev–Trinajstić information content (AvgIpc) is 2.99. The van der Waals surface area contributed by atoms with Gasteiger partial charge in [-0.1, -0.05) is 11.3 Å². The summed E-state index contributed by atoms with van der Waals surface area (Å²) in [7, 11) is 1.55. The van der Waals surface area contributed by atoms with Crippen LogP contribution >= 0.6 is 11.3 Å². The van der Waals surface area contributed by atoms with Crippen molar-refractivity contribution in [3.63, 3.8) is 0 Å². The van der Waals surface area contributed by atoms with Crippen molar-refractivity contribution in [1.29, 1.82) is 0 Å². The molecule has 1 N–H and O–H groups in total. The number of aromatic nitrogens is 3. The Balaban J connectivity index is 1.75. The molecule has 4 rings (SSSR count). The molecule has 6 nitrogen and oxygen atoms in total. The van der Waals surface area contributed by atoms with Gasteiger partial charge in [0.15, 0.2) is 10.8 Å². The molecule has 0 radical (unpaired) electrons. The van der Waals surface area contributed by atoms with Gasteiger partial charge in [0.1, 0.15) is 11.6 Å². The second-order valence-corrected chi connectivity index (χ2v) is 6.58. The smallest absolute Gasteiger partial charge is 0.281 e. The fourth-order valence-electron chi connectivity index (χ4n) is 2.61. The molecule has 0 bridgehead atoms. The normalized spacial score (nSPS) is 11.2. The van der Waals surface area contributed by atoms with Crippen LogP contribution in [0.5, 0.6) is 0 Å². The van der Waals surface area contributed by atoms with Crippen molar-refractivity contribution in [3.05, 3.63) is 63.9 Å². The van der Waals surface area contributed by atoms with Crippen molar-refractivity contribution in [2.45, 2.75) is 0 Å². The van der Waals surface area contributed by atoms with Crippen molar-refractivity contribution in [1.82, 2.24) is 14.8 Å². The van der Waals surface area contributed by atoms with E-state index in [1.165, 1.54) is 35.0 Å². The highest BCUT2D eigenvalue weighted by atomic mass is 32.1. The second kappa shape index (κ2) is 5.95. The molecular formula is C17H10F2N4O2S. The van der Waals surface area contributed by atoms with Crippen LogP contribution in [0.2, 0.25) is 0 Å². The van der Waals surface area contributed by atoms with Gasteiger partial charge in [-0.05, 0) is 36.4 Å². The Morgan fingerprint density at radius 1 is 1.15 bits per heavy atom. The monoisotopic (exact) mass is 372 g/mol. The van der Waals surface area contributed by atoms with E-state index in [-0.39, 0.29) is 16.2 Å². The fourth-order valence-corrected chi connectivity index (χ4v) is 3.49. The number of rotatable bonds is 2. The zero-order valence-electron chi connectivity index (χ0n) is 13.3. The summed E-state index contributed by atoms with van der Waals surface area (Å²) in [6.07, 6.45) is 0. The maximum absolute atomic E-state index is 13.5. The molecule has 0 unspecified atom stereocenters. The average molecular weight is 372 g/mol. The van der Waals surface area contributed by atoms with Crippen LogP contribution in [0.3, 0.4) is 0 Å². The van der Waals surface area contributed by atoms with Crippen LogP contribution in [0.4, 0.5) is 13.9 Å². The summed E-state index contributed by atoms with van der Waals surface area (Å²) in [5, 5.41) is 6.73. The molecule has 0 aliphatic heterocycles. The minimum absolute atomic E-state index is 0.0546. The number of nitrogens with zero attached hydrogens (tertiary/aromatic N) is 3. The SMILES string of the molecule is Cn1nc(C(=O)Nc2nc3ccc(F)cc3s2)c(=O)c2cc(F)ccc21. The van der Waals surface area contributed by atoms with E-state index in [1.54, 1.807) is 7.05 Å².